The second-order valence-electron chi connectivity index (χ2n) is 9.60. The Labute approximate surface area is 210 Å². The Hall–Kier alpha value is -1.71. The van der Waals surface area contributed by atoms with E-state index in [0.29, 0.717) is 25.8 Å². The predicted molar refractivity (Wildman–Crippen MR) is 131 cm³/mol. The van der Waals surface area contributed by atoms with Gasteiger partial charge in [0, 0.05) is 30.6 Å². The van der Waals surface area contributed by atoms with Gasteiger partial charge in [-0.1, -0.05) is 28.1 Å². The van der Waals surface area contributed by atoms with Crippen molar-refractivity contribution < 1.29 is 29.0 Å². The lowest BCUT2D eigenvalue weighted by Crippen LogP contribution is -2.58. The van der Waals surface area contributed by atoms with Crippen molar-refractivity contribution in [1.29, 1.82) is 0 Å². The average molecular weight is 541 g/mol. The van der Waals surface area contributed by atoms with Crippen LogP contribution in [0.2, 0.25) is 0 Å². The molecule has 3 heterocycles. The summed E-state index contributed by atoms with van der Waals surface area (Å²) in [5, 5.41) is 9.43. The number of amides is 2. The van der Waals surface area contributed by atoms with E-state index in [0.717, 1.165) is 12.8 Å². The van der Waals surface area contributed by atoms with Gasteiger partial charge in [-0.15, -0.1) is 13.2 Å². The summed E-state index contributed by atoms with van der Waals surface area (Å²) in [6.45, 7) is 12.0. The molecule has 34 heavy (non-hydrogen) atoms. The molecule has 0 aromatic heterocycles. The van der Waals surface area contributed by atoms with Crippen LogP contribution in [-0.4, -0.2) is 87.6 Å². The predicted octanol–water partition coefficient (Wildman–Crippen LogP) is 2.44. The molecule has 0 radical (unpaired) electrons. The minimum atomic E-state index is -1.11. The summed E-state index contributed by atoms with van der Waals surface area (Å²) in [5.41, 5.74) is -1.11. The Kier molecular flexibility index (Phi) is 8.98. The maximum absolute atomic E-state index is 13.9. The van der Waals surface area contributed by atoms with Gasteiger partial charge in [-0.05, 0) is 46.0 Å². The number of esters is 1. The molecule has 1 spiro atoms. The minimum absolute atomic E-state index is 0.106. The standard InChI is InChI=1S/C25H37BrN2O6/c1-5-7-8-9-14-33-24(32)18-19-22(30)28(12-10-13-29)21(23(31)27(11-6-2)16(3)4)25(19)15-17(26)20(18)34-25/h5-6,16-21,29H,1-2,7-15H2,3-4H3/t17?,18-,19-,20-,21?,25?/m0/s1. The number of ether oxygens (including phenoxy) is 2. The molecule has 0 aliphatic carbocycles. The number of aliphatic hydroxyl groups is 1. The third kappa shape index (κ3) is 4.71. The quantitative estimate of drug-likeness (QED) is 0.167. The molecule has 0 aromatic rings. The van der Waals surface area contributed by atoms with Crippen molar-refractivity contribution in [2.75, 3.05) is 26.3 Å². The van der Waals surface area contributed by atoms with E-state index < -0.39 is 35.6 Å². The van der Waals surface area contributed by atoms with E-state index in [-0.39, 0.29) is 42.4 Å². The molecule has 3 fully saturated rings. The van der Waals surface area contributed by atoms with E-state index in [4.69, 9.17) is 9.47 Å². The monoisotopic (exact) mass is 540 g/mol. The SMILES string of the molecule is C=CCCCCOC(=O)[C@H]1[C@H]2C(=O)N(CCCO)C(C(=O)N(CC=C)C(C)C)C23CC(Br)[C@@H]1O3. The van der Waals surface area contributed by atoms with Crippen LogP contribution in [0.5, 0.6) is 0 Å². The number of allylic oxidation sites excluding steroid dienone is 1. The molecule has 8 nitrogen and oxygen atoms in total. The number of hydrogen-bond donors (Lipinski definition) is 1. The summed E-state index contributed by atoms with van der Waals surface area (Å²) in [7, 11) is 0. The van der Waals surface area contributed by atoms with Crippen molar-refractivity contribution in [3.63, 3.8) is 0 Å². The summed E-state index contributed by atoms with van der Waals surface area (Å²) in [6.07, 6.45) is 6.17. The topological polar surface area (TPSA) is 96.4 Å². The van der Waals surface area contributed by atoms with Crippen LogP contribution in [0.25, 0.3) is 0 Å². The van der Waals surface area contributed by atoms with Crippen LogP contribution in [-0.2, 0) is 23.9 Å². The molecule has 3 saturated heterocycles. The fourth-order valence-corrected chi connectivity index (χ4v) is 6.61. The molecule has 2 bridgehead atoms. The van der Waals surface area contributed by atoms with Crippen LogP contribution < -0.4 is 0 Å². The van der Waals surface area contributed by atoms with E-state index in [1.807, 2.05) is 19.9 Å². The maximum atomic E-state index is 13.9. The van der Waals surface area contributed by atoms with Crippen LogP contribution in [0.4, 0.5) is 0 Å². The lowest BCUT2D eigenvalue weighted by molar-refractivity contribution is -0.155. The van der Waals surface area contributed by atoms with Crippen molar-refractivity contribution in [2.24, 2.45) is 11.8 Å². The molecule has 2 amide bonds. The highest BCUT2D eigenvalue weighted by Gasteiger charge is 2.77. The molecule has 3 unspecified atom stereocenters. The number of carbonyl (C=O) groups is 3. The van der Waals surface area contributed by atoms with Gasteiger partial charge >= 0.3 is 5.97 Å². The Bertz CT molecular complexity index is 804. The van der Waals surface area contributed by atoms with Crippen LogP contribution in [0, 0.1) is 11.8 Å². The zero-order valence-corrected chi connectivity index (χ0v) is 21.7. The van der Waals surface area contributed by atoms with Crippen molar-refractivity contribution in [2.45, 2.75) is 74.6 Å². The van der Waals surface area contributed by atoms with Gasteiger partial charge in [0.2, 0.25) is 11.8 Å². The number of halogens is 1. The highest BCUT2D eigenvalue weighted by Crippen LogP contribution is 2.60. The summed E-state index contributed by atoms with van der Waals surface area (Å²) < 4.78 is 12.0. The van der Waals surface area contributed by atoms with E-state index in [1.54, 1.807) is 11.0 Å². The number of aliphatic hydroxyl groups excluding tert-OH is 1. The lowest BCUT2D eigenvalue weighted by Gasteiger charge is -2.38. The summed E-state index contributed by atoms with van der Waals surface area (Å²) in [5.74, 6) is -2.49. The first-order valence-electron chi connectivity index (χ1n) is 12.2. The molecule has 6 atom stereocenters. The number of hydrogen-bond acceptors (Lipinski definition) is 6. The molecule has 190 valence electrons. The molecular weight excluding hydrogens is 504 g/mol. The first kappa shape index (κ1) is 26.9. The number of likely N-dealkylation sites (tertiary alicyclic amines) is 1. The molecular formula is C25H37BrN2O6. The van der Waals surface area contributed by atoms with Gasteiger partial charge in [0.1, 0.15) is 11.6 Å². The van der Waals surface area contributed by atoms with Crippen molar-refractivity contribution in [3.8, 4) is 0 Å². The van der Waals surface area contributed by atoms with Crippen LogP contribution >= 0.6 is 15.9 Å². The third-order valence-electron chi connectivity index (χ3n) is 7.13. The van der Waals surface area contributed by atoms with Gasteiger partial charge in [-0.3, -0.25) is 14.4 Å². The molecule has 3 rings (SSSR count). The van der Waals surface area contributed by atoms with Gasteiger partial charge in [-0.2, -0.15) is 0 Å². The van der Waals surface area contributed by atoms with Crippen LogP contribution in [0.3, 0.4) is 0 Å². The Morgan fingerprint density at radius 1 is 1.32 bits per heavy atom. The fraction of sp³-hybridized carbons (Fsp3) is 0.720. The fourth-order valence-electron chi connectivity index (χ4n) is 5.67. The first-order chi connectivity index (χ1) is 16.2. The van der Waals surface area contributed by atoms with Crippen molar-refractivity contribution >= 4 is 33.7 Å². The highest BCUT2D eigenvalue weighted by atomic mass is 79.9. The number of unbranched alkanes of at least 4 members (excludes halogenated alkanes) is 2. The molecule has 3 aliphatic rings. The molecule has 9 heteroatoms. The lowest BCUT2D eigenvalue weighted by atomic mass is 9.70. The van der Waals surface area contributed by atoms with Crippen molar-refractivity contribution in [1.82, 2.24) is 9.80 Å². The van der Waals surface area contributed by atoms with E-state index in [2.05, 4.69) is 29.1 Å². The minimum Gasteiger partial charge on any atom is -0.465 e. The van der Waals surface area contributed by atoms with Gasteiger partial charge < -0.3 is 24.4 Å². The van der Waals surface area contributed by atoms with Gasteiger partial charge in [0.05, 0.1) is 24.5 Å². The van der Waals surface area contributed by atoms with E-state index in [1.165, 1.54) is 4.90 Å². The maximum Gasteiger partial charge on any atom is 0.312 e. The number of alkyl halides is 1. The Balaban J connectivity index is 1.92. The smallest absolute Gasteiger partial charge is 0.312 e. The molecule has 3 aliphatic heterocycles. The largest absolute Gasteiger partial charge is 0.465 e. The second-order valence-corrected chi connectivity index (χ2v) is 10.8. The average Bonchev–Trinajstić information content (AvgIpc) is 3.38. The summed E-state index contributed by atoms with van der Waals surface area (Å²) in [4.78, 5) is 43.8. The number of carbonyl (C=O) groups excluding carboxylic acids is 3. The van der Waals surface area contributed by atoms with Gasteiger partial charge in [0.15, 0.2) is 0 Å². The first-order valence-corrected chi connectivity index (χ1v) is 13.1. The van der Waals surface area contributed by atoms with Gasteiger partial charge in [0.25, 0.3) is 0 Å². The zero-order chi connectivity index (χ0) is 25.0. The number of nitrogens with zero attached hydrogens (tertiary/aromatic N) is 2. The number of rotatable bonds is 13. The Morgan fingerprint density at radius 3 is 2.68 bits per heavy atom. The summed E-state index contributed by atoms with van der Waals surface area (Å²) in [6, 6.07) is -0.972. The zero-order valence-electron chi connectivity index (χ0n) is 20.2. The Morgan fingerprint density at radius 2 is 2.06 bits per heavy atom. The third-order valence-corrected chi connectivity index (χ3v) is 7.98. The molecule has 0 saturated carbocycles. The van der Waals surface area contributed by atoms with Crippen LogP contribution in [0.1, 0.15) is 46.0 Å². The summed E-state index contributed by atoms with van der Waals surface area (Å²) >= 11 is 3.65. The van der Waals surface area contributed by atoms with Crippen LogP contribution in [0.15, 0.2) is 25.3 Å². The van der Waals surface area contributed by atoms with Gasteiger partial charge in [-0.25, -0.2) is 0 Å². The van der Waals surface area contributed by atoms with Crippen molar-refractivity contribution in [3.05, 3.63) is 25.3 Å². The second kappa shape index (κ2) is 11.4. The molecule has 1 N–H and O–H groups in total. The molecule has 0 aromatic carbocycles. The van der Waals surface area contributed by atoms with E-state index in [9.17, 15) is 19.5 Å². The highest BCUT2D eigenvalue weighted by molar-refractivity contribution is 9.09. The number of fused-ring (bicyclic) bond motifs is 1. The normalized spacial score (nSPS) is 31.6. The van der Waals surface area contributed by atoms with E-state index >= 15 is 0 Å².